The molecule has 0 spiro atoms. The van der Waals surface area contributed by atoms with Crippen LogP contribution in [0, 0.1) is 0 Å². The Hall–Kier alpha value is -0.740. The van der Waals surface area contributed by atoms with Crippen molar-refractivity contribution in [3.05, 3.63) is 24.5 Å². The van der Waals surface area contributed by atoms with E-state index in [1.807, 2.05) is 13.8 Å². The predicted octanol–water partition coefficient (Wildman–Crippen LogP) is 1.53. The fourth-order valence-corrected chi connectivity index (χ4v) is 1.47. The second-order valence-corrected chi connectivity index (χ2v) is 3.70. The van der Waals surface area contributed by atoms with Gasteiger partial charge in [-0.15, -0.1) is 0 Å². The Labute approximate surface area is 74.4 Å². The molecule has 12 heavy (non-hydrogen) atoms. The van der Waals surface area contributed by atoms with Crippen molar-refractivity contribution >= 4 is 11.1 Å². The molecule has 1 atom stereocenters. The van der Waals surface area contributed by atoms with Crippen molar-refractivity contribution in [3.8, 4) is 0 Å². The lowest BCUT2D eigenvalue weighted by atomic mass is 10.5. The van der Waals surface area contributed by atoms with Gasteiger partial charge in [0.05, 0.1) is 11.0 Å². The molecule has 0 aliphatic heterocycles. The molecule has 0 amide bonds. The van der Waals surface area contributed by atoms with E-state index in [1.54, 1.807) is 24.5 Å². The molecule has 0 aromatic carbocycles. The van der Waals surface area contributed by atoms with Crippen LogP contribution in [-0.2, 0) is 15.3 Å². The second-order valence-electron chi connectivity index (χ2n) is 2.57. The van der Waals surface area contributed by atoms with Gasteiger partial charge in [-0.2, -0.15) is 0 Å². The zero-order valence-corrected chi connectivity index (χ0v) is 7.88. The summed E-state index contributed by atoms with van der Waals surface area (Å²) in [7, 11) is 0. The van der Waals surface area contributed by atoms with Crippen LogP contribution < -0.4 is 0 Å². The van der Waals surface area contributed by atoms with Crippen LogP contribution in [0.15, 0.2) is 29.4 Å². The van der Waals surface area contributed by atoms with E-state index in [4.69, 9.17) is 4.18 Å². The van der Waals surface area contributed by atoms with Gasteiger partial charge in [0.25, 0.3) is 0 Å². The zero-order chi connectivity index (χ0) is 8.97. The first-order valence-corrected chi connectivity index (χ1v) is 4.76. The van der Waals surface area contributed by atoms with Crippen LogP contribution in [-0.4, -0.2) is 15.3 Å². The van der Waals surface area contributed by atoms with Crippen molar-refractivity contribution in [3.63, 3.8) is 0 Å². The lowest BCUT2D eigenvalue weighted by molar-refractivity contribution is 0.269. The molecule has 0 saturated carbocycles. The number of aromatic nitrogens is 1. The van der Waals surface area contributed by atoms with Crippen LogP contribution in [0.3, 0.4) is 0 Å². The largest absolute Gasteiger partial charge is 0.284 e. The van der Waals surface area contributed by atoms with Crippen molar-refractivity contribution in [1.29, 1.82) is 0 Å². The van der Waals surface area contributed by atoms with E-state index in [0.29, 0.717) is 4.90 Å². The van der Waals surface area contributed by atoms with E-state index < -0.39 is 11.1 Å². The molecule has 1 aromatic heterocycles. The van der Waals surface area contributed by atoms with Gasteiger partial charge in [0.15, 0.2) is 11.1 Å². The molecule has 1 aromatic rings. The van der Waals surface area contributed by atoms with E-state index in [-0.39, 0.29) is 6.10 Å². The van der Waals surface area contributed by atoms with Crippen molar-refractivity contribution < 1.29 is 8.39 Å². The molecule has 0 aliphatic rings. The van der Waals surface area contributed by atoms with Crippen LogP contribution in [0.1, 0.15) is 13.8 Å². The number of hydrogen-bond acceptors (Lipinski definition) is 3. The normalized spacial score (nSPS) is 13.2. The first kappa shape index (κ1) is 9.35. The van der Waals surface area contributed by atoms with Gasteiger partial charge >= 0.3 is 0 Å². The summed E-state index contributed by atoms with van der Waals surface area (Å²) < 4.78 is 16.4. The molecule has 66 valence electrons. The lowest BCUT2D eigenvalue weighted by Gasteiger charge is -2.04. The molecule has 4 heteroatoms. The third-order valence-electron chi connectivity index (χ3n) is 1.11. The quantitative estimate of drug-likeness (QED) is 0.716. The Morgan fingerprint density at radius 2 is 2.33 bits per heavy atom. The highest BCUT2D eigenvalue weighted by Crippen LogP contribution is 2.06. The van der Waals surface area contributed by atoms with E-state index >= 15 is 0 Å². The van der Waals surface area contributed by atoms with E-state index in [2.05, 4.69) is 4.98 Å². The highest BCUT2D eigenvalue weighted by Gasteiger charge is 2.05. The van der Waals surface area contributed by atoms with Crippen molar-refractivity contribution in [1.82, 2.24) is 4.98 Å². The van der Waals surface area contributed by atoms with E-state index in [1.165, 1.54) is 0 Å². The SMILES string of the molecule is CC(C)O[S@@](=O)c1cccnc1. The second kappa shape index (κ2) is 4.33. The Bertz CT molecular complexity index is 261. The molecule has 0 aliphatic carbocycles. The number of pyridine rings is 1. The van der Waals surface area contributed by atoms with Gasteiger partial charge in [0, 0.05) is 12.4 Å². The smallest absolute Gasteiger partial charge is 0.191 e. The molecule has 1 rings (SSSR count). The number of rotatable bonds is 3. The average molecular weight is 185 g/mol. The molecule has 0 bridgehead atoms. The van der Waals surface area contributed by atoms with Crippen molar-refractivity contribution in [2.45, 2.75) is 24.8 Å². The minimum atomic E-state index is -1.38. The minimum Gasteiger partial charge on any atom is -0.284 e. The fourth-order valence-electron chi connectivity index (χ4n) is 0.676. The maximum atomic E-state index is 11.3. The van der Waals surface area contributed by atoms with Gasteiger partial charge in [-0.3, -0.25) is 9.17 Å². The Morgan fingerprint density at radius 1 is 1.58 bits per heavy atom. The van der Waals surface area contributed by atoms with Gasteiger partial charge < -0.3 is 0 Å². The molecular weight excluding hydrogens is 174 g/mol. The summed E-state index contributed by atoms with van der Waals surface area (Å²) in [5.41, 5.74) is 0. The van der Waals surface area contributed by atoms with Crippen LogP contribution in [0.2, 0.25) is 0 Å². The fraction of sp³-hybridized carbons (Fsp3) is 0.375. The Balaban J connectivity index is 2.66. The summed E-state index contributed by atoms with van der Waals surface area (Å²) in [6.07, 6.45) is 3.14. The summed E-state index contributed by atoms with van der Waals surface area (Å²) in [5, 5.41) is 0. The third-order valence-corrected chi connectivity index (χ3v) is 2.29. The molecule has 0 unspecified atom stereocenters. The molecule has 0 radical (unpaired) electrons. The van der Waals surface area contributed by atoms with Crippen molar-refractivity contribution in [2.24, 2.45) is 0 Å². The maximum Gasteiger partial charge on any atom is 0.191 e. The highest BCUT2D eigenvalue weighted by atomic mass is 32.2. The summed E-state index contributed by atoms with van der Waals surface area (Å²) >= 11 is -1.38. The highest BCUT2D eigenvalue weighted by molar-refractivity contribution is 7.80. The van der Waals surface area contributed by atoms with Gasteiger partial charge in [-0.1, -0.05) is 0 Å². The van der Waals surface area contributed by atoms with Gasteiger partial charge in [0.1, 0.15) is 0 Å². The molecule has 0 fully saturated rings. The molecule has 1 heterocycles. The van der Waals surface area contributed by atoms with Crippen LogP contribution in [0.5, 0.6) is 0 Å². The molecular formula is C8H11NO2S. The molecule has 0 saturated heterocycles. The van der Waals surface area contributed by atoms with Gasteiger partial charge in [-0.05, 0) is 26.0 Å². The summed E-state index contributed by atoms with van der Waals surface area (Å²) in [5.74, 6) is 0. The van der Waals surface area contributed by atoms with Gasteiger partial charge in [-0.25, -0.2) is 4.21 Å². The first-order valence-electron chi connectivity index (χ1n) is 3.69. The number of hydrogen-bond donors (Lipinski definition) is 0. The summed E-state index contributed by atoms with van der Waals surface area (Å²) in [6.45, 7) is 3.68. The predicted molar refractivity (Wildman–Crippen MR) is 46.9 cm³/mol. The van der Waals surface area contributed by atoms with E-state index in [0.717, 1.165) is 0 Å². The third kappa shape index (κ3) is 2.71. The zero-order valence-electron chi connectivity index (χ0n) is 7.06. The van der Waals surface area contributed by atoms with Crippen molar-refractivity contribution in [2.75, 3.05) is 0 Å². The van der Waals surface area contributed by atoms with Crippen LogP contribution in [0.25, 0.3) is 0 Å². The van der Waals surface area contributed by atoms with Crippen LogP contribution in [0.4, 0.5) is 0 Å². The standard InChI is InChI=1S/C8H11NO2S/c1-7(2)11-12(10)8-4-3-5-9-6-8/h3-7H,1-2H3/t12-/m1/s1. The molecule has 3 nitrogen and oxygen atoms in total. The van der Waals surface area contributed by atoms with Crippen LogP contribution >= 0.6 is 0 Å². The monoisotopic (exact) mass is 185 g/mol. The average Bonchev–Trinajstić information content (AvgIpc) is 2.05. The lowest BCUT2D eigenvalue weighted by Crippen LogP contribution is -2.05. The Kier molecular flexibility index (Phi) is 3.37. The Morgan fingerprint density at radius 3 is 2.83 bits per heavy atom. The number of nitrogens with zero attached hydrogens (tertiary/aromatic N) is 1. The topological polar surface area (TPSA) is 39.2 Å². The summed E-state index contributed by atoms with van der Waals surface area (Å²) in [4.78, 5) is 4.44. The first-order chi connectivity index (χ1) is 5.70. The maximum absolute atomic E-state index is 11.3. The van der Waals surface area contributed by atoms with E-state index in [9.17, 15) is 4.21 Å². The minimum absolute atomic E-state index is 0.0361. The van der Waals surface area contributed by atoms with Gasteiger partial charge in [0.2, 0.25) is 0 Å². The molecule has 0 N–H and O–H groups in total. The summed E-state index contributed by atoms with van der Waals surface area (Å²) in [6, 6.07) is 3.46.